The Morgan fingerprint density at radius 1 is 0.889 bits per heavy atom. The van der Waals surface area contributed by atoms with Crippen LogP contribution in [0.4, 0.5) is 0 Å². The topological polar surface area (TPSA) is 124 Å². The Morgan fingerprint density at radius 2 is 1.17 bits per heavy atom. The normalized spacial score (nSPS) is 8.78. The van der Waals surface area contributed by atoms with E-state index in [0.717, 1.165) is 19.3 Å². The fourth-order valence-electron chi connectivity index (χ4n) is 1.08. The zero-order valence-electron chi connectivity index (χ0n) is 11.1. The minimum Gasteiger partial charge on any atom is -0.854 e. The van der Waals surface area contributed by atoms with Crippen LogP contribution in [0.2, 0.25) is 0 Å². The van der Waals surface area contributed by atoms with Crippen molar-refractivity contribution in [2.24, 2.45) is 5.73 Å². The van der Waals surface area contributed by atoms with Crippen LogP contribution in [0.15, 0.2) is 0 Å². The number of rotatable bonds is 9. The second kappa shape index (κ2) is 19.2. The Balaban J connectivity index is -0.000000392. The summed E-state index contributed by atoms with van der Waals surface area (Å²) in [6, 6.07) is 0. The van der Waals surface area contributed by atoms with Gasteiger partial charge in [0, 0.05) is 12.8 Å². The number of hydrogen-bond donors (Lipinski definition) is 3. The number of unbranched alkanes of at least 4 members (excludes halogenated alkanes) is 4. The molecular formula is C11H22NNaO5. The predicted molar refractivity (Wildman–Crippen MR) is 61.5 cm³/mol. The van der Waals surface area contributed by atoms with Gasteiger partial charge in [0.15, 0.2) is 0 Å². The summed E-state index contributed by atoms with van der Waals surface area (Å²) in [5.41, 5.74) is 4.72. The molecule has 0 spiro atoms. The Labute approximate surface area is 130 Å². The molecule has 0 aromatic heterocycles. The zero-order valence-corrected chi connectivity index (χ0v) is 13.1. The van der Waals surface area contributed by atoms with Gasteiger partial charge >= 0.3 is 41.5 Å². The van der Waals surface area contributed by atoms with E-state index in [-0.39, 0.29) is 55.6 Å². The predicted octanol–water partition coefficient (Wildman–Crippen LogP) is -2.80. The van der Waals surface area contributed by atoms with E-state index in [1.54, 1.807) is 0 Å². The first-order valence-electron chi connectivity index (χ1n) is 5.76. The van der Waals surface area contributed by atoms with Gasteiger partial charge in [0.2, 0.25) is 0 Å². The van der Waals surface area contributed by atoms with Crippen molar-refractivity contribution in [3.05, 3.63) is 0 Å². The summed E-state index contributed by atoms with van der Waals surface area (Å²) in [7, 11) is 0. The largest absolute Gasteiger partial charge is 1.00 e. The third-order valence-electron chi connectivity index (χ3n) is 1.90. The van der Waals surface area contributed by atoms with Crippen LogP contribution < -0.4 is 40.4 Å². The fraction of sp³-hybridized carbons (Fsp3) is 0.818. The van der Waals surface area contributed by atoms with E-state index >= 15 is 0 Å². The maximum Gasteiger partial charge on any atom is 1.00 e. The smallest absolute Gasteiger partial charge is 0.854 e. The number of carbonyl (C=O) groups is 2. The van der Waals surface area contributed by atoms with Crippen molar-refractivity contribution in [2.45, 2.75) is 44.9 Å². The summed E-state index contributed by atoms with van der Waals surface area (Å²) >= 11 is 0. The van der Waals surface area contributed by atoms with Crippen LogP contribution in [-0.4, -0.2) is 35.3 Å². The molecule has 0 heterocycles. The Morgan fingerprint density at radius 3 is 1.39 bits per heavy atom. The third-order valence-corrected chi connectivity index (χ3v) is 1.90. The summed E-state index contributed by atoms with van der Waals surface area (Å²) in [6.45, 7) is 0.111. The summed E-state index contributed by atoms with van der Waals surface area (Å²) in [6.07, 6.45) is 4.53. The number of aliphatic carboxylic acids is 2. The van der Waals surface area contributed by atoms with E-state index in [9.17, 15) is 14.7 Å². The summed E-state index contributed by atoms with van der Waals surface area (Å²) < 4.78 is 0. The molecule has 18 heavy (non-hydrogen) atoms. The molecule has 0 aliphatic rings. The van der Waals surface area contributed by atoms with Crippen LogP contribution in [0.3, 0.4) is 0 Å². The zero-order chi connectivity index (χ0) is 13.5. The van der Waals surface area contributed by atoms with Crippen LogP contribution in [0.1, 0.15) is 44.9 Å². The van der Waals surface area contributed by atoms with Gasteiger partial charge in [-0.1, -0.05) is 19.3 Å². The van der Waals surface area contributed by atoms with Crippen molar-refractivity contribution in [1.82, 2.24) is 0 Å². The molecule has 0 aliphatic heterocycles. The SMILES string of the molecule is NCC[O-].O=C(O)CCCCCCCC(=O)O.[Na+]. The van der Waals surface area contributed by atoms with Gasteiger partial charge in [-0.3, -0.25) is 9.59 Å². The molecule has 0 saturated heterocycles. The molecule has 7 heteroatoms. The number of hydrogen-bond acceptors (Lipinski definition) is 4. The minimum atomic E-state index is -0.759. The summed E-state index contributed by atoms with van der Waals surface area (Å²) in [5.74, 6) is -1.52. The first kappa shape index (κ1) is 23.0. The van der Waals surface area contributed by atoms with Crippen LogP contribution in [0.5, 0.6) is 0 Å². The average molecular weight is 271 g/mol. The molecule has 0 aromatic carbocycles. The summed E-state index contributed by atoms with van der Waals surface area (Å²) in [4.78, 5) is 20.2. The van der Waals surface area contributed by atoms with Gasteiger partial charge < -0.3 is 21.1 Å². The van der Waals surface area contributed by atoms with Crippen molar-refractivity contribution < 1.29 is 54.5 Å². The van der Waals surface area contributed by atoms with Crippen LogP contribution in [-0.2, 0) is 9.59 Å². The number of carboxylic acids is 2. The molecule has 0 saturated carbocycles. The van der Waals surface area contributed by atoms with Gasteiger partial charge in [0.05, 0.1) is 0 Å². The molecule has 0 unspecified atom stereocenters. The monoisotopic (exact) mass is 271 g/mol. The molecule has 0 amide bonds. The maximum absolute atomic E-state index is 10.1. The van der Waals surface area contributed by atoms with Crippen molar-refractivity contribution in [3.63, 3.8) is 0 Å². The Bertz CT molecular complexity index is 182. The number of carboxylic acid groups (broad SMARTS) is 2. The number of nitrogens with two attached hydrogens (primary N) is 1. The molecule has 102 valence electrons. The van der Waals surface area contributed by atoms with Gasteiger partial charge in [-0.25, -0.2) is 0 Å². The second-order valence-corrected chi connectivity index (χ2v) is 3.55. The molecule has 4 N–H and O–H groups in total. The Hall–Kier alpha value is -0.140. The van der Waals surface area contributed by atoms with Gasteiger partial charge in [-0.05, 0) is 19.4 Å². The first-order chi connectivity index (χ1) is 8.04. The minimum absolute atomic E-state index is 0. The Kier molecular flexibility index (Phi) is 24.5. The molecule has 0 atom stereocenters. The summed E-state index contributed by atoms with van der Waals surface area (Å²) in [5, 5.41) is 25.8. The fourth-order valence-corrected chi connectivity index (χ4v) is 1.08. The van der Waals surface area contributed by atoms with E-state index in [1.807, 2.05) is 0 Å². The van der Waals surface area contributed by atoms with Crippen molar-refractivity contribution in [2.75, 3.05) is 13.2 Å². The molecular weight excluding hydrogens is 249 g/mol. The standard InChI is InChI=1S/C9H16O4.C2H6NO.Na/c10-8(11)6-4-2-1-3-5-7-9(12)13;3-1-2-4;/h1-7H2,(H,10,11)(H,12,13);1-3H2;/q;-1;+1. The third kappa shape index (κ3) is 29.7. The van der Waals surface area contributed by atoms with Gasteiger partial charge in [-0.2, -0.15) is 0 Å². The second-order valence-electron chi connectivity index (χ2n) is 3.55. The molecule has 6 nitrogen and oxygen atoms in total. The van der Waals surface area contributed by atoms with Gasteiger partial charge in [0.1, 0.15) is 0 Å². The molecule has 0 fully saturated rings. The van der Waals surface area contributed by atoms with Crippen LogP contribution in [0, 0.1) is 0 Å². The van der Waals surface area contributed by atoms with E-state index in [4.69, 9.17) is 15.9 Å². The van der Waals surface area contributed by atoms with E-state index in [2.05, 4.69) is 0 Å². The van der Waals surface area contributed by atoms with Crippen molar-refractivity contribution >= 4 is 11.9 Å². The molecule has 0 radical (unpaired) electrons. The van der Waals surface area contributed by atoms with Crippen molar-refractivity contribution in [1.29, 1.82) is 0 Å². The van der Waals surface area contributed by atoms with Gasteiger partial charge in [-0.15, -0.1) is 6.61 Å². The van der Waals surface area contributed by atoms with Crippen LogP contribution in [0.25, 0.3) is 0 Å². The van der Waals surface area contributed by atoms with E-state index in [0.29, 0.717) is 12.8 Å². The average Bonchev–Trinajstić information content (AvgIpc) is 2.27. The quantitative estimate of drug-likeness (QED) is 0.307. The molecule has 0 rings (SSSR count). The first-order valence-corrected chi connectivity index (χ1v) is 5.76. The molecule has 0 aromatic rings. The van der Waals surface area contributed by atoms with E-state index < -0.39 is 11.9 Å². The van der Waals surface area contributed by atoms with Crippen molar-refractivity contribution in [3.8, 4) is 0 Å². The molecule has 0 bridgehead atoms. The molecule has 0 aliphatic carbocycles. The van der Waals surface area contributed by atoms with Crippen LogP contribution >= 0.6 is 0 Å². The van der Waals surface area contributed by atoms with E-state index in [1.165, 1.54) is 0 Å². The maximum atomic E-state index is 10.1. The van der Waals surface area contributed by atoms with Gasteiger partial charge in [0.25, 0.3) is 0 Å².